The van der Waals surface area contributed by atoms with E-state index in [1.807, 2.05) is 17.8 Å². The molecule has 0 saturated carbocycles. The van der Waals surface area contributed by atoms with Gasteiger partial charge in [-0.1, -0.05) is 29.8 Å². The lowest BCUT2D eigenvalue weighted by Gasteiger charge is -2.22. The Morgan fingerprint density at radius 1 is 0.931 bits per heavy atom. The molecule has 29 heavy (non-hydrogen) atoms. The van der Waals surface area contributed by atoms with Gasteiger partial charge in [0.05, 0.1) is 7.05 Å². The van der Waals surface area contributed by atoms with Crippen LogP contribution in [0.5, 0.6) is 0 Å². The summed E-state index contributed by atoms with van der Waals surface area (Å²) >= 11 is 0. The molecule has 2 rings (SSSR count). The summed E-state index contributed by atoms with van der Waals surface area (Å²) in [5.74, 6) is 0. The van der Waals surface area contributed by atoms with Gasteiger partial charge < -0.3 is 4.13 Å². The zero-order chi connectivity index (χ0) is 22.7. The second kappa shape index (κ2) is 8.71. The van der Waals surface area contributed by atoms with Crippen LogP contribution in [0.15, 0.2) is 43.0 Å². The number of hydrogen-bond donors (Lipinski definition) is 0. The van der Waals surface area contributed by atoms with Gasteiger partial charge in [-0.25, -0.2) is 26.0 Å². The number of aromatic nitrogens is 2. The van der Waals surface area contributed by atoms with E-state index in [9.17, 15) is 43.2 Å². The lowest BCUT2D eigenvalue weighted by atomic mass is 10.1. The van der Waals surface area contributed by atoms with E-state index in [1.165, 1.54) is 11.1 Å². The van der Waals surface area contributed by atoms with E-state index in [4.69, 9.17) is 0 Å². The maximum Gasteiger partial charge on any atom is 0.480 e. The number of sulfonamides is 2. The molecule has 0 amide bonds. The van der Waals surface area contributed by atoms with Gasteiger partial charge in [-0.15, -0.1) is 0 Å². The Balaban J connectivity index is 0.000000290. The Hall–Kier alpha value is -2.13. The smallest absolute Gasteiger partial charge is 0.421 e. The minimum atomic E-state index is -6.72. The van der Waals surface area contributed by atoms with Crippen molar-refractivity contribution in [2.24, 2.45) is 7.05 Å². The van der Waals surface area contributed by atoms with Gasteiger partial charge in [-0.05, 0) is 12.5 Å². The Bertz CT molecular complexity index is 985. The second-order valence-corrected chi connectivity index (χ2v) is 9.08. The van der Waals surface area contributed by atoms with Gasteiger partial charge in [-0.3, -0.25) is 0 Å². The number of halogens is 6. The molecule has 1 heterocycles. The summed E-state index contributed by atoms with van der Waals surface area (Å²) in [4.78, 5) is 0. The van der Waals surface area contributed by atoms with Crippen LogP contribution < -0.4 is 4.57 Å². The molecule has 0 aliphatic heterocycles. The van der Waals surface area contributed by atoms with Crippen molar-refractivity contribution < 1.29 is 47.7 Å². The highest BCUT2D eigenvalue weighted by atomic mass is 32.3. The average molecular weight is 467 g/mol. The Labute approximate surface area is 162 Å². The first-order valence-electron chi connectivity index (χ1n) is 7.38. The van der Waals surface area contributed by atoms with Crippen molar-refractivity contribution in [3.63, 3.8) is 0 Å². The molecule has 0 aliphatic rings. The Morgan fingerprint density at radius 2 is 1.38 bits per heavy atom. The fourth-order valence-corrected chi connectivity index (χ4v) is 3.42. The molecule has 164 valence electrons. The van der Waals surface area contributed by atoms with E-state index in [-0.39, 0.29) is 0 Å². The second-order valence-electron chi connectivity index (χ2n) is 5.65. The van der Waals surface area contributed by atoms with E-state index >= 15 is 0 Å². The largest absolute Gasteiger partial charge is 0.480 e. The van der Waals surface area contributed by atoms with E-state index in [1.54, 1.807) is 0 Å². The van der Waals surface area contributed by atoms with Gasteiger partial charge >= 0.3 is 11.0 Å². The van der Waals surface area contributed by atoms with Crippen LogP contribution in [0.25, 0.3) is 4.13 Å². The number of aryl methyl sites for hydroxylation is 2. The molecule has 0 spiro atoms. The predicted octanol–water partition coefficient (Wildman–Crippen LogP) is 2.73. The molecular weight excluding hydrogens is 452 g/mol. The summed E-state index contributed by atoms with van der Waals surface area (Å²) in [7, 11) is -11.4. The highest BCUT2D eigenvalue weighted by Gasteiger charge is 2.46. The minimum Gasteiger partial charge on any atom is -0.421 e. The maximum absolute atomic E-state index is 11.4. The Morgan fingerprint density at radius 3 is 1.72 bits per heavy atom. The van der Waals surface area contributed by atoms with E-state index in [0.717, 1.165) is 10.7 Å². The van der Waals surface area contributed by atoms with Crippen LogP contribution in [0, 0.1) is 6.92 Å². The average Bonchev–Trinajstić information content (AvgIpc) is 2.92. The molecule has 1 aromatic heterocycles. The normalized spacial score (nSPS) is 13.0. The molecule has 0 bridgehead atoms. The van der Waals surface area contributed by atoms with Crippen LogP contribution in [-0.4, -0.2) is 32.4 Å². The first kappa shape index (κ1) is 24.9. The highest BCUT2D eigenvalue weighted by Crippen LogP contribution is 2.36. The highest BCUT2D eigenvalue weighted by molar-refractivity contribution is 8.13. The predicted molar refractivity (Wildman–Crippen MR) is 89.2 cm³/mol. The molecule has 7 nitrogen and oxygen atoms in total. The standard InChI is InChI=1S/C12H15N2.C2F6NO4S2/c1-11-3-5-12(6-4-11)9-14-8-7-13(2)10-14;3-1(4,5)14(10,11)9-15(12,13)2(6,7)8/h3-8,10H,9H2,1-2H3;/q+1;-1. The quantitative estimate of drug-likeness (QED) is 0.511. The van der Waals surface area contributed by atoms with Gasteiger partial charge in [0.15, 0.2) is 20.0 Å². The van der Waals surface area contributed by atoms with Gasteiger partial charge in [0, 0.05) is 0 Å². The maximum atomic E-state index is 11.4. The van der Waals surface area contributed by atoms with Crippen LogP contribution >= 0.6 is 0 Å². The van der Waals surface area contributed by atoms with Crippen molar-refractivity contribution in [1.82, 2.24) is 4.57 Å². The van der Waals surface area contributed by atoms with E-state index < -0.39 is 31.1 Å². The van der Waals surface area contributed by atoms with Crippen molar-refractivity contribution in [1.29, 1.82) is 0 Å². The molecule has 0 aliphatic carbocycles. The Kier molecular flexibility index (Phi) is 7.48. The number of imidazole rings is 1. The van der Waals surface area contributed by atoms with Crippen molar-refractivity contribution in [3.8, 4) is 0 Å². The molecule has 1 aromatic carbocycles. The zero-order valence-corrected chi connectivity index (χ0v) is 16.4. The number of hydrogen-bond acceptors (Lipinski definition) is 4. The van der Waals surface area contributed by atoms with E-state index in [0.29, 0.717) is 0 Å². The molecule has 0 saturated heterocycles. The van der Waals surface area contributed by atoms with Crippen LogP contribution in [-0.2, 0) is 33.6 Å². The first-order valence-corrected chi connectivity index (χ1v) is 10.3. The van der Waals surface area contributed by atoms with Crippen molar-refractivity contribution >= 4 is 20.0 Å². The van der Waals surface area contributed by atoms with Crippen molar-refractivity contribution in [2.45, 2.75) is 24.5 Å². The third-order valence-corrected chi connectivity index (χ3v) is 5.83. The summed E-state index contributed by atoms with van der Waals surface area (Å²) < 4.78 is 113. The van der Waals surface area contributed by atoms with Gasteiger partial charge in [0.2, 0.25) is 6.33 Å². The van der Waals surface area contributed by atoms with Crippen molar-refractivity contribution in [3.05, 3.63) is 58.2 Å². The number of nitrogens with zero attached hydrogens (tertiary/aromatic N) is 3. The van der Waals surface area contributed by atoms with Crippen LogP contribution in [0.2, 0.25) is 0 Å². The molecule has 0 radical (unpaired) electrons. The fraction of sp³-hybridized carbons (Fsp3) is 0.357. The van der Waals surface area contributed by atoms with Crippen LogP contribution in [0.1, 0.15) is 11.1 Å². The number of benzene rings is 1. The zero-order valence-electron chi connectivity index (χ0n) is 14.8. The lowest BCUT2D eigenvalue weighted by Crippen LogP contribution is -2.30. The lowest BCUT2D eigenvalue weighted by molar-refractivity contribution is -0.671. The monoisotopic (exact) mass is 467 g/mol. The third kappa shape index (κ3) is 7.32. The van der Waals surface area contributed by atoms with Crippen LogP contribution in [0.3, 0.4) is 0 Å². The third-order valence-electron chi connectivity index (χ3n) is 3.09. The topological polar surface area (TPSA) is 91.2 Å². The van der Waals surface area contributed by atoms with Gasteiger partial charge in [0.25, 0.3) is 0 Å². The fourth-order valence-electron chi connectivity index (χ4n) is 1.71. The summed E-state index contributed by atoms with van der Waals surface area (Å²) in [6.45, 7) is 3.06. The molecule has 0 atom stereocenters. The van der Waals surface area contributed by atoms with Crippen LogP contribution in [0.4, 0.5) is 26.3 Å². The van der Waals surface area contributed by atoms with E-state index in [2.05, 4.69) is 48.3 Å². The number of alkyl halides is 6. The number of rotatable bonds is 4. The van der Waals surface area contributed by atoms with Gasteiger partial charge in [0.1, 0.15) is 18.9 Å². The first-order chi connectivity index (χ1) is 12.9. The molecular formula is C14H15F6N3O4S2. The minimum absolute atomic E-state index is 0.778. The summed E-state index contributed by atoms with van der Waals surface area (Å²) in [5, 5.41) is 0. The summed E-state index contributed by atoms with van der Waals surface area (Å²) in [6, 6.07) is 8.66. The summed E-state index contributed by atoms with van der Waals surface area (Å²) in [6.07, 6.45) is 6.22. The SMILES string of the molecule is Cc1ccc(Cn2cc[n+](C)c2)cc1.O=S(=O)([N-]S(=O)(=O)C(F)(F)F)C(F)(F)F. The molecule has 0 N–H and O–H groups in total. The van der Waals surface area contributed by atoms with Crippen molar-refractivity contribution in [2.75, 3.05) is 0 Å². The molecule has 15 heteroatoms. The molecule has 0 unspecified atom stereocenters. The summed E-state index contributed by atoms with van der Waals surface area (Å²) in [5.41, 5.74) is -9.75. The molecule has 2 aromatic rings. The molecule has 0 fully saturated rings. The van der Waals surface area contributed by atoms with Gasteiger partial charge in [-0.2, -0.15) is 26.3 Å².